The highest BCUT2D eigenvalue weighted by Crippen LogP contribution is 2.34. The second-order valence-corrected chi connectivity index (χ2v) is 12.3. The lowest BCUT2D eigenvalue weighted by molar-refractivity contribution is -0.205. The van der Waals surface area contributed by atoms with Gasteiger partial charge in [-0.15, -0.1) is 23.4 Å². The van der Waals surface area contributed by atoms with Crippen molar-refractivity contribution in [3.63, 3.8) is 0 Å². The number of rotatable bonds is 7. The van der Waals surface area contributed by atoms with Crippen molar-refractivity contribution in [1.82, 2.24) is 10.6 Å². The van der Waals surface area contributed by atoms with Crippen molar-refractivity contribution in [3.05, 3.63) is 66.2 Å². The lowest BCUT2D eigenvalue weighted by Crippen LogP contribution is -2.65. The van der Waals surface area contributed by atoms with Gasteiger partial charge in [-0.05, 0) is 41.9 Å². The molecule has 3 aliphatic heterocycles. The topological polar surface area (TPSA) is 120 Å². The Morgan fingerprint density at radius 1 is 1.02 bits per heavy atom. The van der Waals surface area contributed by atoms with Gasteiger partial charge < -0.3 is 35.4 Å². The van der Waals surface area contributed by atoms with Gasteiger partial charge in [0.05, 0.1) is 24.1 Å². The standard InChI is InChI=1S/C30H37ClN2O6S/c1-16(31)22(28-25(35)24(34)26(36)30(39-28)40-2)33-29(37)23-27-21(15-32-23)14-20(12-13-38-27)19-10-8-18(9-11-19)17-6-4-3-5-7-17/h3-12,16,21-28,30,32,34-36H,13-15H2,1-2H3,(H,33,37)/t16-,21-,22+,23-,24?,25?,26?,27+,28?,30?/m0/s1. The highest BCUT2D eigenvalue weighted by Gasteiger charge is 2.49. The van der Waals surface area contributed by atoms with Crippen LogP contribution in [0.5, 0.6) is 0 Å². The second kappa shape index (κ2) is 12.9. The molecule has 40 heavy (non-hydrogen) atoms. The lowest BCUT2D eigenvalue weighted by Gasteiger charge is -2.44. The molecule has 5 rings (SSSR count). The number of nitrogens with one attached hydrogen (secondary N) is 2. The molecular weight excluding hydrogens is 552 g/mol. The van der Waals surface area contributed by atoms with E-state index in [0.717, 1.165) is 17.5 Å². The van der Waals surface area contributed by atoms with Crippen molar-refractivity contribution in [2.24, 2.45) is 5.92 Å². The van der Waals surface area contributed by atoms with Crippen LogP contribution in [0.15, 0.2) is 60.7 Å². The van der Waals surface area contributed by atoms with E-state index in [1.165, 1.54) is 22.9 Å². The molecule has 0 bridgehead atoms. The Balaban J connectivity index is 1.25. The third-order valence-corrected chi connectivity index (χ3v) is 9.26. The van der Waals surface area contributed by atoms with E-state index in [2.05, 4.69) is 53.1 Å². The molecule has 0 aromatic heterocycles. The van der Waals surface area contributed by atoms with E-state index in [0.29, 0.717) is 13.2 Å². The Labute approximate surface area is 244 Å². The number of hydrogen-bond donors (Lipinski definition) is 5. The Morgan fingerprint density at radius 3 is 2.38 bits per heavy atom. The van der Waals surface area contributed by atoms with Gasteiger partial charge >= 0.3 is 0 Å². The fourth-order valence-corrected chi connectivity index (χ4v) is 6.78. The van der Waals surface area contributed by atoms with Gasteiger partial charge in [0.15, 0.2) is 0 Å². The zero-order valence-corrected chi connectivity index (χ0v) is 24.1. The Hall–Kier alpha value is -1.95. The molecule has 8 nitrogen and oxygen atoms in total. The van der Waals surface area contributed by atoms with E-state index in [9.17, 15) is 20.1 Å². The van der Waals surface area contributed by atoms with E-state index in [4.69, 9.17) is 21.1 Å². The van der Waals surface area contributed by atoms with Crippen molar-refractivity contribution >= 4 is 34.8 Å². The summed E-state index contributed by atoms with van der Waals surface area (Å²) in [6.07, 6.45) is -0.824. The maximum atomic E-state index is 13.5. The fraction of sp³-hybridized carbons (Fsp3) is 0.500. The summed E-state index contributed by atoms with van der Waals surface area (Å²) in [5.41, 5.74) is 3.90. The fourth-order valence-electron chi connectivity index (χ4n) is 5.89. The number of carbonyl (C=O) groups excluding carboxylic acids is 1. The Morgan fingerprint density at radius 2 is 1.70 bits per heavy atom. The van der Waals surface area contributed by atoms with Gasteiger partial charge in [-0.2, -0.15) is 0 Å². The third kappa shape index (κ3) is 6.12. The predicted molar refractivity (Wildman–Crippen MR) is 157 cm³/mol. The van der Waals surface area contributed by atoms with Crippen LogP contribution in [0.1, 0.15) is 18.9 Å². The molecule has 10 atom stereocenters. The summed E-state index contributed by atoms with van der Waals surface area (Å²) in [7, 11) is 0. The van der Waals surface area contributed by atoms with Gasteiger partial charge in [0.2, 0.25) is 5.91 Å². The van der Waals surface area contributed by atoms with E-state index in [-0.39, 0.29) is 17.9 Å². The number of halogens is 1. The normalized spacial score (nSPS) is 33.8. The van der Waals surface area contributed by atoms with Crippen LogP contribution in [0, 0.1) is 5.92 Å². The molecule has 2 aromatic carbocycles. The number of amides is 1. The average molecular weight is 589 g/mol. The Kier molecular flexibility index (Phi) is 9.54. The quantitative estimate of drug-likeness (QED) is 0.313. The zero-order valence-electron chi connectivity index (χ0n) is 22.5. The molecule has 3 heterocycles. The Bertz CT molecular complexity index is 1180. The summed E-state index contributed by atoms with van der Waals surface area (Å²) in [4.78, 5) is 13.5. The van der Waals surface area contributed by atoms with Gasteiger partial charge in [-0.25, -0.2) is 0 Å². The molecule has 0 aliphatic carbocycles. The van der Waals surface area contributed by atoms with E-state index >= 15 is 0 Å². The average Bonchev–Trinajstić information content (AvgIpc) is 3.25. The molecule has 0 spiro atoms. The summed E-state index contributed by atoms with van der Waals surface area (Å²) < 4.78 is 12.1. The smallest absolute Gasteiger partial charge is 0.240 e. The van der Waals surface area contributed by atoms with Crippen LogP contribution in [0.3, 0.4) is 0 Å². The number of aliphatic hydroxyl groups excluding tert-OH is 3. The van der Waals surface area contributed by atoms with Crippen LogP contribution in [-0.2, 0) is 14.3 Å². The minimum absolute atomic E-state index is 0.0968. The third-order valence-electron chi connectivity index (χ3n) is 8.14. The lowest BCUT2D eigenvalue weighted by atomic mass is 9.90. The van der Waals surface area contributed by atoms with Crippen LogP contribution in [0.4, 0.5) is 0 Å². The summed E-state index contributed by atoms with van der Waals surface area (Å²) in [5.74, 6) is -0.211. The summed E-state index contributed by atoms with van der Waals surface area (Å²) >= 11 is 7.67. The largest absolute Gasteiger partial charge is 0.388 e. The molecule has 0 radical (unpaired) electrons. The number of aliphatic hydroxyl groups is 3. The molecular formula is C30H37ClN2O6S. The first kappa shape index (κ1) is 29.5. The minimum atomic E-state index is -1.42. The number of thioether (sulfide) groups is 1. The van der Waals surface area contributed by atoms with Crippen molar-refractivity contribution in [1.29, 1.82) is 0 Å². The molecule has 3 aliphatic rings. The van der Waals surface area contributed by atoms with Crippen molar-refractivity contribution in [3.8, 4) is 11.1 Å². The van der Waals surface area contributed by atoms with Crippen molar-refractivity contribution in [2.75, 3.05) is 19.4 Å². The summed E-state index contributed by atoms with van der Waals surface area (Å²) in [6, 6.07) is 17.4. The molecule has 2 aromatic rings. The number of carbonyl (C=O) groups is 1. The van der Waals surface area contributed by atoms with Crippen LogP contribution in [0.25, 0.3) is 16.7 Å². The molecule has 0 saturated carbocycles. The molecule has 2 fully saturated rings. The summed E-state index contributed by atoms with van der Waals surface area (Å²) in [6.45, 7) is 2.70. The molecule has 5 N–H and O–H groups in total. The van der Waals surface area contributed by atoms with Crippen LogP contribution < -0.4 is 10.6 Å². The van der Waals surface area contributed by atoms with Gasteiger partial charge in [0.1, 0.15) is 35.9 Å². The van der Waals surface area contributed by atoms with Gasteiger partial charge in [0.25, 0.3) is 0 Å². The van der Waals surface area contributed by atoms with Crippen molar-refractivity contribution < 1.29 is 29.6 Å². The SMILES string of the molecule is CSC1OC([C@H](NC(=O)[C@H]2NC[C@@H]3CC(c4ccc(-c5ccccc5)cc4)=CCO[C@H]32)[C@H](C)Cl)C(O)C(O)C1O. The highest BCUT2D eigenvalue weighted by molar-refractivity contribution is 7.99. The van der Waals surface area contributed by atoms with Gasteiger partial charge in [-0.1, -0.05) is 60.7 Å². The molecule has 10 heteroatoms. The highest BCUT2D eigenvalue weighted by atomic mass is 35.5. The van der Waals surface area contributed by atoms with Gasteiger partial charge in [0, 0.05) is 12.5 Å². The number of fused-ring (bicyclic) bond motifs is 1. The number of ether oxygens (including phenoxy) is 2. The number of benzene rings is 2. The monoisotopic (exact) mass is 588 g/mol. The van der Waals surface area contributed by atoms with Gasteiger partial charge in [-0.3, -0.25) is 4.79 Å². The van der Waals surface area contributed by atoms with Crippen LogP contribution in [0.2, 0.25) is 0 Å². The number of allylic oxidation sites excluding steroid dienone is 1. The van der Waals surface area contributed by atoms with Crippen molar-refractivity contribution in [2.45, 2.75) is 66.8 Å². The van der Waals surface area contributed by atoms with E-state index < -0.39 is 47.3 Å². The predicted octanol–water partition coefficient (Wildman–Crippen LogP) is 2.40. The molecule has 216 valence electrons. The second-order valence-electron chi connectivity index (χ2n) is 10.7. The first-order chi connectivity index (χ1) is 19.3. The molecule has 1 amide bonds. The van der Waals surface area contributed by atoms with E-state index in [1.807, 2.05) is 18.2 Å². The van der Waals surface area contributed by atoms with Crippen LogP contribution in [-0.4, -0.2) is 94.1 Å². The first-order valence-electron chi connectivity index (χ1n) is 13.6. The zero-order chi connectivity index (χ0) is 28.4. The maximum absolute atomic E-state index is 13.5. The minimum Gasteiger partial charge on any atom is -0.388 e. The summed E-state index contributed by atoms with van der Waals surface area (Å²) in [5, 5.41) is 36.9. The van der Waals surface area contributed by atoms with E-state index in [1.54, 1.807) is 13.2 Å². The number of alkyl halides is 1. The maximum Gasteiger partial charge on any atom is 0.240 e. The first-order valence-corrected chi connectivity index (χ1v) is 15.4. The molecule has 5 unspecified atom stereocenters. The molecule has 2 saturated heterocycles. The number of hydrogen-bond acceptors (Lipinski definition) is 8. The van der Waals surface area contributed by atoms with Crippen LogP contribution >= 0.6 is 23.4 Å².